The minimum absolute atomic E-state index is 0.113. The highest BCUT2D eigenvalue weighted by Gasteiger charge is 2.27. The molecule has 1 aromatic rings. The van der Waals surface area contributed by atoms with Crippen LogP contribution < -0.4 is 4.74 Å². The molecule has 1 fully saturated rings. The summed E-state index contributed by atoms with van der Waals surface area (Å²) in [5, 5.41) is 0.826. The molecule has 0 heterocycles. The van der Waals surface area contributed by atoms with E-state index in [9.17, 15) is 0 Å². The summed E-state index contributed by atoms with van der Waals surface area (Å²) in [4.78, 5) is 0. The normalized spacial score (nSPS) is 24.4. The fraction of sp³-hybridized carbons (Fsp3) is 0.647. The second-order valence-electron chi connectivity index (χ2n) is 5.55. The van der Waals surface area contributed by atoms with E-state index < -0.39 is 0 Å². The summed E-state index contributed by atoms with van der Waals surface area (Å²) in [5.41, 5.74) is 1.20. The zero-order valence-corrected chi connectivity index (χ0v) is 14.1. The van der Waals surface area contributed by atoms with Crippen LogP contribution in [0.1, 0.15) is 50.7 Å². The second-order valence-corrected chi connectivity index (χ2v) is 6.19. The van der Waals surface area contributed by atoms with Crippen molar-refractivity contribution < 1.29 is 9.47 Å². The van der Waals surface area contributed by atoms with Gasteiger partial charge in [0.05, 0.1) is 19.3 Å². The molecule has 1 aromatic carbocycles. The minimum atomic E-state index is 0.113. The summed E-state index contributed by atoms with van der Waals surface area (Å²) in [7, 11) is 1.71. The number of methoxy groups -OCH3 is 1. The van der Waals surface area contributed by atoms with E-state index in [4.69, 9.17) is 9.47 Å². The van der Waals surface area contributed by atoms with E-state index in [0.717, 1.165) is 17.0 Å². The van der Waals surface area contributed by atoms with Crippen LogP contribution in [0.3, 0.4) is 0 Å². The van der Waals surface area contributed by atoms with E-state index in [-0.39, 0.29) is 6.10 Å². The Kier molecular flexibility index (Phi) is 6.37. The summed E-state index contributed by atoms with van der Waals surface area (Å²) in [6, 6.07) is 8.21. The van der Waals surface area contributed by atoms with Crippen LogP contribution in [0, 0.1) is 5.92 Å². The molecule has 2 rings (SSSR count). The summed E-state index contributed by atoms with van der Waals surface area (Å²) in [5.74, 6) is 1.61. The quantitative estimate of drug-likeness (QED) is 0.669. The summed E-state index contributed by atoms with van der Waals surface area (Å²) in [6.07, 6.45) is 6.91. The molecular formula is C17H25BrO2. The highest BCUT2D eigenvalue weighted by atomic mass is 79.9. The highest BCUT2D eigenvalue weighted by Crippen LogP contribution is 2.34. The minimum Gasteiger partial charge on any atom is -0.497 e. The van der Waals surface area contributed by atoms with Gasteiger partial charge in [0, 0.05) is 5.33 Å². The van der Waals surface area contributed by atoms with Crippen LogP contribution in [-0.2, 0) is 4.74 Å². The predicted octanol–water partition coefficient (Wildman–Crippen LogP) is 5.12. The van der Waals surface area contributed by atoms with E-state index in [1.165, 1.54) is 37.7 Å². The van der Waals surface area contributed by atoms with Gasteiger partial charge in [-0.15, -0.1) is 0 Å². The molecule has 0 N–H and O–H groups in total. The summed E-state index contributed by atoms with van der Waals surface area (Å²) in [6.45, 7) is 2.28. The predicted molar refractivity (Wildman–Crippen MR) is 86.7 cm³/mol. The lowest BCUT2D eigenvalue weighted by molar-refractivity contribution is -0.0524. The Labute approximate surface area is 131 Å². The van der Waals surface area contributed by atoms with Crippen LogP contribution in [0.25, 0.3) is 0 Å². The number of hydrogen-bond acceptors (Lipinski definition) is 2. The summed E-state index contributed by atoms with van der Waals surface area (Å²) < 4.78 is 11.7. The molecule has 3 heteroatoms. The molecule has 3 unspecified atom stereocenters. The van der Waals surface area contributed by atoms with Crippen molar-refractivity contribution in [3.63, 3.8) is 0 Å². The first-order valence-electron chi connectivity index (χ1n) is 7.63. The van der Waals surface area contributed by atoms with Crippen LogP contribution in [0.4, 0.5) is 0 Å². The van der Waals surface area contributed by atoms with Gasteiger partial charge in [0.1, 0.15) is 5.75 Å². The third-order valence-electron chi connectivity index (χ3n) is 4.31. The van der Waals surface area contributed by atoms with Crippen LogP contribution in [0.2, 0.25) is 0 Å². The molecule has 1 aliphatic carbocycles. The molecule has 20 heavy (non-hydrogen) atoms. The first kappa shape index (κ1) is 15.8. The molecule has 0 bridgehead atoms. The Morgan fingerprint density at radius 3 is 2.80 bits per heavy atom. The lowest BCUT2D eigenvalue weighted by atomic mass is 9.84. The maximum Gasteiger partial charge on any atom is 0.119 e. The molecule has 0 amide bonds. The standard InChI is InChI=1S/C17H25BrO2/c1-3-13-7-4-5-10-16(13)20-17(12-18)14-8-6-9-15(11-14)19-2/h6,8-9,11,13,16-17H,3-5,7,10,12H2,1-2H3. The average molecular weight is 341 g/mol. The third kappa shape index (κ3) is 3.98. The smallest absolute Gasteiger partial charge is 0.119 e. The van der Waals surface area contributed by atoms with E-state index in [1.807, 2.05) is 12.1 Å². The molecule has 3 atom stereocenters. The van der Waals surface area contributed by atoms with Crippen molar-refractivity contribution in [2.24, 2.45) is 5.92 Å². The van der Waals surface area contributed by atoms with Gasteiger partial charge >= 0.3 is 0 Å². The molecule has 0 aliphatic heterocycles. The van der Waals surface area contributed by atoms with Gasteiger partial charge in [0.15, 0.2) is 0 Å². The second kappa shape index (κ2) is 8.04. The number of ether oxygens (including phenoxy) is 2. The monoisotopic (exact) mass is 340 g/mol. The Morgan fingerprint density at radius 1 is 1.30 bits per heavy atom. The van der Waals surface area contributed by atoms with Crippen molar-refractivity contribution >= 4 is 15.9 Å². The largest absolute Gasteiger partial charge is 0.497 e. The zero-order valence-electron chi connectivity index (χ0n) is 12.5. The molecular weight excluding hydrogens is 316 g/mol. The van der Waals surface area contributed by atoms with E-state index in [0.29, 0.717) is 6.10 Å². The molecule has 2 nitrogen and oxygen atoms in total. The van der Waals surface area contributed by atoms with E-state index in [2.05, 4.69) is 35.0 Å². The van der Waals surface area contributed by atoms with Gasteiger partial charge in [-0.2, -0.15) is 0 Å². The van der Waals surface area contributed by atoms with Gasteiger partial charge in [-0.05, 0) is 36.5 Å². The van der Waals surface area contributed by atoms with Crippen LogP contribution in [0.15, 0.2) is 24.3 Å². The first-order chi connectivity index (χ1) is 9.78. The number of alkyl halides is 1. The topological polar surface area (TPSA) is 18.5 Å². The maximum atomic E-state index is 6.43. The Balaban J connectivity index is 2.07. The van der Waals surface area contributed by atoms with E-state index >= 15 is 0 Å². The number of rotatable bonds is 6. The van der Waals surface area contributed by atoms with Crippen molar-refractivity contribution in [3.8, 4) is 5.75 Å². The van der Waals surface area contributed by atoms with Crippen molar-refractivity contribution in [1.29, 1.82) is 0 Å². The Hall–Kier alpha value is -0.540. The highest BCUT2D eigenvalue weighted by molar-refractivity contribution is 9.09. The van der Waals surface area contributed by atoms with E-state index in [1.54, 1.807) is 7.11 Å². The third-order valence-corrected chi connectivity index (χ3v) is 4.90. The van der Waals surface area contributed by atoms with Gasteiger partial charge in [-0.1, -0.05) is 54.2 Å². The van der Waals surface area contributed by atoms with Crippen molar-refractivity contribution in [2.45, 2.75) is 51.2 Å². The van der Waals surface area contributed by atoms with Gasteiger partial charge in [0.25, 0.3) is 0 Å². The lowest BCUT2D eigenvalue weighted by Gasteiger charge is -2.33. The van der Waals surface area contributed by atoms with Gasteiger partial charge in [-0.3, -0.25) is 0 Å². The Morgan fingerprint density at radius 2 is 2.10 bits per heavy atom. The van der Waals surface area contributed by atoms with Gasteiger partial charge < -0.3 is 9.47 Å². The van der Waals surface area contributed by atoms with Crippen LogP contribution in [-0.4, -0.2) is 18.5 Å². The maximum absolute atomic E-state index is 6.43. The number of hydrogen-bond donors (Lipinski definition) is 0. The van der Waals surface area contributed by atoms with Crippen LogP contribution in [0.5, 0.6) is 5.75 Å². The fourth-order valence-electron chi connectivity index (χ4n) is 3.08. The molecule has 0 spiro atoms. The van der Waals surface area contributed by atoms with Gasteiger partial charge in [-0.25, -0.2) is 0 Å². The zero-order chi connectivity index (χ0) is 14.4. The number of benzene rings is 1. The molecule has 1 saturated carbocycles. The average Bonchev–Trinajstić information content (AvgIpc) is 2.53. The molecule has 112 valence electrons. The summed E-state index contributed by atoms with van der Waals surface area (Å²) >= 11 is 3.60. The first-order valence-corrected chi connectivity index (χ1v) is 8.76. The van der Waals surface area contributed by atoms with Crippen molar-refractivity contribution in [1.82, 2.24) is 0 Å². The van der Waals surface area contributed by atoms with Crippen LogP contribution >= 0.6 is 15.9 Å². The number of halogens is 1. The molecule has 0 saturated heterocycles. The van der Waals surface area contributed by atoms with Crippen molar-refractivity contribution in [2.75, 3.05) is 12.4 Å². The van der Waals surface area contributed by atoms with Gasteiger partial charge in [0.2, 0.25) is 0 Å². The fourth-order valence-corrected chi connectivity index (χ4v) is 3.60. The SMILES string of the molecule is CCC1CCCCC1OC(CBr)c1cccc(OC)c1. The molecule has 1 aliphatic rings. The molecule has 0 radical (unpaired) electrons. The van der Waals surface area contributed by atoms with Crippen molar-refractivity contribution in [3.05, 3.63) is 29.8 Å². The molecule has 0 aromatic heterocycles. The Bertz CT molecular complexity index is 408. The lowest BCUT2D eigenvalue weighted by Crippen LogP contribution is -2.29.